The number of fused-ring (bicyclic) bond motifs is 1. The van der Waals surface area contributed by atoms with Crippen LogP contribution < -0.4 is 14.4 Å². The molecule has 0 bridgehead atoms. The lowest BCUT2D eigenvalue weighted by atomic mass is 10.3. The molecule has 1 fully saturated rings. The fraction of sp³-hybridized carbons (Fsp3) is 0.400. The van der Waals surface area contributed by atoms with E-state index in [1.54, 1.807) is 24.0 Å². The van der Waals surface area contributed by atoms with Crippen LogP contribution in [0.4, 0.5) is 5.82 Å². The third-order valence-electron chi connectivity index (χ3n) is 3.99. The van der Waals surface area contributed by atoms with E-state index < -0.39 is 0 Å². The van der Waals surface area contributed by atoms with Crippen LogP contribution in [0.3, 0.4) is 0 Å². The highest BCUT2D eigenvalue weighted by Crippen LogP contribution is 2.21. The minimum absolute atomic E-state index is 0.0258. The van der Waals surface area contributed by atoms with Crippen molar-refractivity contribution in [3.63, 3.8) is 0 Å². The first-order chi connectivity index (χ1) is 11.7. The van der Waals surface area contributed by atoms with Gasteiger partial charge in [0.15, 0.2) is 17.2 Å². The maximum atomic E-state index is 5.84. The Bertz CT molecular complexity index is 849. The molecule has 0 aromatic carbocycles. The molecule has 0 spiro atoms. The van der Waals surface area contributed by atoms with Gasteiger partial charge < -0.3 is 14.4 Å². The maximum Gasteiger partial charge on any atom is 0.316 e. The van der Waals surface area contributed by atoms with Crippen molar-refractivity contribution < 1.29 is 9.47 Å². The largest absolute Gasteiger partial charge is 0.494 e. The lowest BCUT2D eigenvalue weighted by Crippen LogP contribution is -2.26. The lowest BCUT2D eigenvalue weighted by molar-refractivity contribution is 0.205. The Balaban J connectivity index is 1.45. The summed E-state index contributed by atoms with van der Waals surface area (Å²) < 4.78 is 12.6. The molecule has 9 heteroatoms. The van der Waals surface area contributed by atoms with Crippen molar-refractivity contribution in [1.82, 2.24) is 29.8 Å². The highest BCUT2D eigenvalue weighted by atomic mass is 16.5. The quantitative estimate of drug-likeness (QED) is 0.698. The van der Waals surface area contributed by atoms with Crippen molar-refractivity contribution in [2.24, 2.45) is 0 Å². The standard InChI is InChI=1S/C15H17N7O2/c1-10-18-19-13-3-4-14(20-22(10)13)21-6-5-11(9-21)24-15-16-7-12(23-2)8-17-15/h3-4,7-8,11H,5-6,9H2,1-2H3. The highest BCUT2D eigenvalue weighted by molar-refractivity contribution is 5.46. The van der Waals surface area contributed by atoms with E-state index in [1.165, 1.54) is 0 Å². The van der Waals surface area contributed by atoms with Gasteiger partial charge in [0.1, 0.15) is 11.9 Å². The molecule has 3 aromatic rings. The van der Waals surface area contributed by atoms with Crippen molar-refractivity contribution in [3.05, 3.63) is 30.4 Å². The normalized spacial score (nSPS) is 17.4. The fourth-order valence-corrected chi connectivity index (χ4v) is 2.71. The van der Waals surface area contributed by atoms with Crippen LogP contribution in [0.1, 0.15) is 12.2 Å². The number of ether oxygens (including phenoxy) is 2. The van der Waals surface area contributed by atoms with Crippen LogP contribution in [0.25, 0.3) is 5.65 Å². The molecule has 1 aliphatic heterocycles. The van der Waals surface area contributed by atoms with Gasteiger partial charge in [-0.1, -0.05) is 0 Å². The second-order valence-corrected chi connectivity index (χ2v) is 5.59. The van der Waals surface area contributed by atoms with Gasteiger partial charge in [-0.25, -0.2) is 0 Å². The molecule has 24 heavy (non-hydrogen) atoms. The van der Waals surface area contributed by atoms with Gasteiger partial charge in [0, 0.05) is 13.0 Å². The molecule has 4 heterocycles. The van der Waals surface area contributed by atoms with Crippen molar-refractivity contribution >= 4 is 11.5 Å². The fourth-order valence-electron chi connectivity index (χ4n) is 2.71. The van der Waals surface area contributed by atoms with Gasteiger partial charge in [-0.2, -0.15) is 14.5 Å². The molecular formula is C15H17N7O2. The van der Waals surface area contributed by atoms with Crippen molar-refractivity contribution in [1.29, 1.82) is 0 Å². The number of rotatable bonds is 4. The topological polar surface area (TPSA) is 90.6 Å². The maximum absolute atomic E-state index is 5.84. The number of nitrogens with zero attached hydrogens (tertiary/aromatic N) is 7. The van der Waals surface area contributed by atoms with Crippen LogP contribution in [0.15, 0.2) is 24.5 Å². The van der Waals surface area contributed by atoms with Crippen LogP contribution in [0, 0.1) is 6.92 Å². The summed E-state index contributed by atoms with van der Waals surface area (Å²) in [5.41, 5.74) is 0.745. The molecule has 1 saturated heterocycles. The van der Waals surface area contributed by atoms with E-state index in [-0.39, 0.29) is 6.10 Å². The van der Waals surface area contributed by atoms with Crippen LogP contribution in [-0.2, 0) is 0 Å². The molecule has 4 rings (SSSR count). The van der Waals surface area contributed by atoms with E-state index in [4.69, 9.17) is 9.47 Å². The van der Waals surface area contributed by atoms with Crippen LogP contribution >= 0.6 is 0 Å². The van der Waals surface area contributed by atoms with E-state index in [9.17, 15) is 0 Å². The third kappa shape index (κ3) is 2.68. The summed E-state index contributed by atoms with van der Waals surface area (Å²) in [6.07, 6.45) is 4.10. The molecule has 0 saturated carbocycles. The number of anilines is 1. The average Bonchev–Trinajstić information content (AvgIpc) is 3.23. The van der Waals surface area contributed by atoms with Crippen molar-refractivity contribution in [3.8, 4) is 11.8 Å². The molecular weight excluding hydrogens is 310 g/mol. The minimum Gasteiger partial charge on any atom is -0.494 e. The van der Waals surface area contributed by atoms with Crippen LogP contribution in [0.2, 0.25) is 0 Å². The zero-order valence-electron chi connectivity index (χ0n) is 13.5. The SMILES string of the molecule is COc1cnc(OC2CCN(c3ccc4nnc(C)n4n3)C2)nc1. The lowest BCUT2D eigenvalue weighted by Gasteiger charge is -2.17. The Hall–Kier alpha value is -2.97. The molecule has 0 aliphatic carbocycles. The van der Waals surface area contributed by atoms with Crippen molar-refractivity contribution in [2.45, 2.75) is 19.4 Å². The first-order valence-corrected chi connectivity index (χ1v) is 7.69. The summed E-state index contributed by atoms with van der Waals surface area (Å²) in [6.45, 7) is 3.48. The third-order valence-corrected chi connectivity index (χ3v) is 3.99. The molecule has 9 nitrogen and oxygen atoms in total. The predicted octanol–water partition coefficient (Wildman–Crippen LogP) is 0.889. The molecule has 0 amide bonds. The van der Waals surface area contributed by atoms with E-state index in [1.807, 2.05) is 19.1 Å². The van der Waals surface area contributed by atoms with E-state index in [0.717, 1.165) is 36.8 Å². The zero-order chi connectivity index (χ0) is 16.5. The van der Waals surface area contributed by atoms with Gasteiger partial charge in [0.2, 0.25) is 0 Å². The molecule has 0 N–H and O–H groups in total. The summed E-state index contributed by atoms with van der Waals surface area (Å²) in [5, 5.41) is 12.7. The summed E-state index contributed by atoms with van der Waals surface area (Å²) in [7, 11) is 1.58. The summed E-state index contributed by atoms with van der Waals surface area (Å²) in [4.78, 5) is 10.5. The average molecular weight is 327 g/mol. The highest BCUT2D eigenvalue weighted by Gasteiger charge is 2.26. The Morgan fingerprint density at radius 3 is 2.79 bits per heavy atom. The summed E-state index contributed by atoms with van der Waals surface area (Å²) in [6, 6.07) is 4.24. The smallest absolute Gasteiger partial charge is 0.316 e. The Labute approximate surface area is 138 Å². The zero-order valence-corrected chi connectivity index (χ0v) is 13.5. The number of hydrogen-bond acceptors (Lipinski definition) is 8. The first-order valence-electron chi connectivity index (χ1n) is 7.69. The van der Waals surface area contributed by atoms with Crippen molar-refractivity contribution in [2.75, 3.05) is 25.1 Å². The summed E-state index contributed by atoms with van der Waals surface area (Å²) >= 11 is 0. The molecule has 1 aliphatic rings. The predicted molar refractivity (Wildman–Crippen MR) is 85.3 cm³/mol. The summed E-state index contributed by atoms with van der Waals surface area (Å²) in [5.74, 6) is 2.26. The second kappa shape index (κ2) is 5.91. The monoisotopic (exact) mass is 327 g/mol. The van der Waals surface area contributed by atoms with Gasteiger partial charge in [-0.05, 0) is 19.1 Å². The molecule has 124 valence electrons. The minimum atomic E-state index is 0.0258. The van der Waals surface area contributed by atoms with E-state index >= 15 is 0 Å². The van der Waals surface area contributed by atoms with Gasteiger partial charge in [-0.15, -0.1) is 15.3 Å². The first kappa shape index (κ1) is 14.6. The second-order valence-electron chi connectivity index (χ2n) is 5.59. The number of hydrogen-bond donors (Lipinski definition) is 0. The molecule has 3 aromatic heterocycles. The molecule has 1 atom stereocenters. The van der Waals surface area contributed by atoms with Crippen LogP contribution in [0.5, 0.6) is 11.8 Å². The Kier molecular flexibility index (Phi) is 3.60. The number of methoxy groups -OCH3 is 1. The van der Waals surface area contributed by atoms with Gasteiger partial charge >= 0.3 is 6.01 Å². The number of aromatic nitrogens is 6. The van der Waals surface area contributed by atoms with Gasteiger partial charge in [0.05, 0.1) is 26.0 Å². The van der Waals surface area contributed by atoms with Gasteiger partial charge in [-0.3, -0.25) is 0 Å². The molecule has 0 radical (unpaired) electrons. The van der Waals surface area contributed by atoms with E-state index in [0.29, 0.717) is 11.8 Å². The van der Waals surface area contributed by atoms with Gasteiger partial charge in [0.25, 0.3) is 0 Å². The van der Waals surface area contributed by atoms with Crippen LogP contribution in [-0.4, -0.2) is 56.1 Å². The Morgan fingerprint density at radius 1 is 1.17 bits per heavy atom. The Morgan fingerprint density at radius 2 is 2.00 bits per heavy atom. The number of aryl methyl sites for hydroxylation is 1. The molecule has 1 unspecified atom stereocenters. The van der Waals surface area contributed by atoms with E-state index in [2.05, 4.69) is 30.2 Å².